The minimum atomic E-state index is 0.909. The lowest BCUT2D eigenvalue weighted by molar-refractivity contribution is 0.669. The molecule has 2 aromatic carbocycles. The molecule has 2 nitrogen and oxygen atoms in total. The summed E-state index contributed by atoms with van der Waals surface area (Å²) >= 11 is 0. The molecule has 0 bridgehead atoms. The topological polar surface area (TPSA) is 26.0 Å². The van der Waals surface area contributed by atoms with Gasteiger partial charge in [-0.3, -0.25) is 4.98 Å². The van der Waals surface area contributed by atoms with Crippen LogP contribution in [-0.4, -0.2) is 4.98 Å². The third-order valence-electron chi connectivity index (χ3n) is 3.57. The standard InChI is InChI=1S/C18H13NO/c1-12-6-4-9-15(19-12)13-8-5-11-17-18(13)14-7-2-3-10-16(14)20-17/h2-11H,1H3. The fraction of sp³-hybridized carbons (Fsp3) is 0.0556. The van der Waals surface area contributed by atoms with Gasteiger partial charge in [0.25, 0.3) is 0 Å². The molecule has 2 aromatic heterocycles. The van der Waals surface area contributed by atoms with Crippen molar-refractivity contribution in [2.75, 3.05) is 0 Å². The highest BCUT2D eigenvalue weighted by Crippen LogP contribution is 2.35. The average molecular weight is 259 g/mol. The van der Waals surface area contributed by atoms with Crippen molar-refractivity contribution in [3.05, 3.63) is 66.4 Å². The highest BCUT2D eigenvalue weighted by Gasteiger charge is 2.12. The SMILES string of the molecule is Cc1cccc(-c2cccc3oc4ccccc4c23)n1. The second-order valence-corrected chi connectivity index (χ2v) is 4.94. The van der Waals surface area contributed by atoms with E-state index in [-0.39, 0.29) is 0 Å². The maximum atomic E-state index is 5.92. The monoisotopic (exact) mass is 259 g/mol. The molecule has 0 spiro atoms. The zero-order chi connectivity index (χ0) is 13.5. The number of benzene rings is 2. The van der Waals surface area contributed by atoms with E-state index in [0.29, 0.717) is 0 Å². The number of fused-ring (bicyclic) bond motifs is 3. The number of nitrogens with zero attached hydrogens (tertiary/aromatic N) is 1. The molecule has 20 heavy (non-hydrogen) atoms. The first-order valence-corrected chi connectivity index (χ1v) is 6.67. The molecule has 4 aromatic rings. The summed E-state index contributed by atoms with van der Waals surface area (Å²) in [7, 11) is 0. The molecule has 0 fully saturated rings. The fourth-order valence-corrected chi connectivity index (χ4v) is 2.68. The van der Waals surface area contributed by atoms with Gasteiger partial charge in [0.15, 0.2) is 0 Å². The van der Waals surface area contributed by atoms with Crippen molar-refractivity contribution in [2.45, 2.75) is 6.92 Å². The number of hydrogen-bond acceptors (Lipinski definition) is 2. The highest BCUT2D eigenvalue weighted by atomic mass is 16.3. The van der Waals surface area contributed by atoms with Gasteiger partial charge in [-0.2, -0.15) is 0 Å². The molecule has 2 heterocycles. The number of hydrogen-bond donors (Lipinski definition) is 0. The van der Waals surface area contributed by atoms with Gasteiger partial charge in [-0.15, -0.1) is 0 Å². The van der Waals surface area contributed by atoms with Gasteiger partial charge < -0.3 is 4.42 Å². The van der Waals surface area contributed by atoms with Crippen LogP contribution in [0.25, 0.3) is 33.2 Å². The number of furan rings is 1. The van der Waals surface area contributed by atoms with E-state index in [1.165, 1.54) is 0 Å². The third-order valence-corrected chi connectivity index (χ3v) is 3.57. The zero-order valence-electron chi connectivity index (χ0n) is 11.1. The van der Waals surface area contributed by atoms with E-state index in [0.717, 1.165) is 38.9 Å². The van der Waals surface area contributed by atoms with E-state index in [1.54, 1.807) is 0 Å². The van der Waals surface area contributed by atoms with Crippen LogP contribution in [0.3, 0.4) is 0 Å². The Kier molecular flexibility index (Phi) is 2.36. The van der Waals surface area contributed by atoms with E-state index in [9.17, 15) is 0 Å². The summed E-state index contributed by atoms with van der Waals surface area (Å²) in [6, 6.07) is 20.4. The molecule has 4 rings (SSSR count). The van der Waals surface area contributed by atoms with Crippen LogP contribution in [0.2, 0.25) is 0 Å². The molecule has 0 saturated carbocycles. The smallest absolute Gasteiger partial charge is 0.136 e. The Morgan fingerprint density at radius 2 is 1.60 bits per heavy atom. The summed E-state index contributed by atoms with van der Waals surface area (Å²) in [5.41, 5.74) is 4.96. The maximum Gasteiger partial charge on any atom is 0.136 e. The molecule has 0 aliphatic heterocycles. The number of aromatic nitrogens is 1. The Morgan fingerprint density at radius 3 is 2.50 bits per heavy atom. The summed E-state index contributed by atoms with van der Waals surface area (Å²) in [6.07, 6.45) is 0. The predicted octanol–water partition coefficient (Wildman–Crippen LogP) is 4.96. The molecule has 0 atom stereocenters. The van der Waals surface area contributed by atoms with E-state index in [1.807, 2.05) is 55.5 Å². The molecular weight excluding hydrogens is 246 g/mol. The van der Waals surface area contributed by atoms with Gasteiger partial charge in [-0.1, -0.05) is 36.4 Å². The Balaban J connectivity index is 2.14. The highest BCUT2D eigenvalue weighted by molar-refractivity contribution is 6.11. The minimum absolute atomic E-state index is 0.909. The summed E-state index contributed by atoms with van der Waals surface area (Å²) < 4.78 is 5.92. The Morgan fingerprint density at radius 1 is 0.800 bits per heavy atom. The number of para-hydroxylation sites is 1. The quantitative estimate of drug-likeness (QED) is 0.483. The van der Waals surface area contributed by atoms with Gasteiger partial charge in [0, 0.05) is 22.0 Å². The summed E-state index contributed by atoms with van der Waals surface area (Å²) in [5, 5.41) is 2.28. The lowest BCUT2D eigenvalue weighted by Crippen LogP contribution is -1.86. The minimum Gasteiger partial charge on any atom is -0.456 e. The van der Waals surface area contributed by atoms with Crippen molar-refractivity contribution in [2.24, 2.45) is 0 Å². The van der Waals surface area contributed by atoms with Gasteiger partial charge >= 0.3 is 0 Å². The molecule has 2 heteroatoms. The van der Waals surface area contributed by atoms with Crippen LogP contribution >= 0.6 is 0 Å². The molecule has 0 unspecified atom stereocenters. The fourth-order valence-electron chi connectivity index (χ4n) is 2.68. The van der Waals surface area contributed by atoms with E-state index >= 15 is 0 Å². The van der Waals surface area contributed by atoms with Crippen molar-refractivity contribution in [3.8, 4) is 11.3 Å². The Hall–Kier alpha value is -2.61. The molecule has 0 N–H and O–H groups in total. The van der Waals surface area contributed by atoms with Crippen LogP contribution in [0, 0.1) is 6.92 Å². The van der Waals surface area contributed by atoms with Crippen LogP contribution in [-0.2, 0) is 0 Å². The van der Waals surface area contributed by atoms with Crippen LogP contribution in [0.4, 0.5) is 0 Å². The summed E-state index contributed by atoms with van der Waals surface area (Å²) in [5.74, 6) is 0. The molecule has 0 saturated heterocycles. The molecular formula is C18H13NO. The maximum absolute atomic E-state index is 5.92. The number of rotatable bonds is 1. The second kappa shape index (κ2) is 4.20. The van der Waals surface area contributed by atoms with Crippen LogP contribution in [0.1, 0.15) is 5.69 Å². The molecule has 96 valence electrons. The van der Waals surface area contributed by atoms with Crippen molar-refractivity contribution >= 4 is 21.9 Å². The van der Waals surface area contributed by atoms with Gasteiger partial charge in [-0.05, 0) is 31.2 Å². The van der Waals surface area contributed by atoms with Crippen LogP contribution in [0.15, 0.2) is 65.1 Å². The van der Waals surface area contributed by atoms with Crippen LogP contribution < -0.4 is 0 Å². The van der Waals surface area contributed by atoms with Crippen molar-refractivity contribution in [1.82, 2.24) is 4.98 Å². The molecule has 0 aliphatic carbocycles. The third kappa shape index (κ3) is 1.62. The van der Waals surface area contributed by atoms with Crippen molar-refractivity contribution < 1.29 is 4.42 Å². The van der Waals surface area contributed by atoms with Crippen LogP contribution in [0.5, 0.6) is 0 Å². The first kappa shape index (κ1) is 11.2. The summed E-state index contributed by atoms with van der Waals surface area (Å²) in [6.45, 7) is 2.01. The lowest BCUT2D eigenvalue weighted by Gasteiger charge is -2.03. The first-order valence-electron chi connectivity index (χ1n) is 6.67. The molecule has 0 radical (unpaired) electrons. The lowest BCUT2D eigenvalue weighted by atomic mass is 10.0. The van der Waals surface area contributed by atoms with E-state index in [4.69, 9.17) is 4.42 Å². The largest absolute Gasteiger partial charge is 0.456 e. The zero-order valence-corrected chi connectivity index (χ0v) is 11.1. The molecule has 0 amide bonds. The van der Waals surface area contributed by atoms with Crippen molar-refractivity contribution in [3.63, 3.8) is 0 Å². The predicted molar refractivity (Wildman–Crippen MR) is 81.7 cm³/mol. The summed E-state index contributed by atoms with van der Waals surface area (Å²) in [4.78, 5) is 4.64. The normalized spacial score (nSPS) is 11.2. The Labute approximate surface area is 116 Å². The van der Waals surface area contributed by atoms with E-state index in [2.05, 4.69) is 17.1 Å². The van der Waals surface area contributed by atoms with Crippen molar-refractivity contribution in [1.29, 1.82) is 0 Å². The average Bonchev–Trinajstić information content (AvgIpc) is 2.85. The van der Waals surface area contributed by atoms with Gasteiger partial charge in [-0.25, -0.2) is 0 Å². The van der Waals surface area contributed by atoms with Gasteiger partial charge in [0.1, 0.15) is 11.2 Å². The van der Waals surface area contributed by atoms with Gasteiger partial charge in [0.2, 0.25) is 0 Å². The second-order valence-electron chi connectivity index (χ2n) is 4.94. The molecule has 0 aliphatic rings. The number of pyridine rings is 1. The first-order chi connectivity index (χ1) is 9.83. The number of aryl methyl sites for hydroxylation is 1. The Bertz CT molecular complexity index is 921. The van der Waals surface area contributed by atoms with Gasteiger partial charge in [0.05, 0.1) is 5.69 Å². The van der Waals surface area contributed by atoms with E-state index < -0.39 is 0 Å².